The van der Waals surface area contributed by atoms with Crippen molar-refractivity contribution >= 4 is 44.9 Å². The summed E-state index contributed by atoms with van der Waals surface area (Å²) in [6.45, 7) is 0.773. The van der Waals surface area contributed by atoms with E-state index in [0.29, 0.717) is 45.6 Å². The van der Waals surface area contributed by atoms with E-state index in [1.165, 1.54) is 14.2 Å². The largest absolute Gasteiger partial charge is 0.495 e. The Balaban J connectivity index is 1.78. The van der Waals surface area contributed by atoms with Crippen LogP contribution in [0.2, 0.25) is 0 Å². The average molecular weight is 467 g/mol. The maximum absolute atomic E-state index is 13.3. The topological polar surface area (TPSA) is 146 Å². The van der Waals surface area contributed by atoms with E-state index in [4.69, 9.17) is 20.9 Å². The average Bonchev–Trinajstić information content (AvgIpc) is 3.25. The fourth-order valence-corrected chi connectivity index (χ4v) is 4.98. The first-order valence-corrected chi connectivity index (χ1v) is 10.9. The second-order valence-electron chi connectivity index (χ2n) is 7.29. The lowest BCUT2D eigenvalue weighted by atomic mass is 9.82. The summed E-state index contributed by atoms with van der Waals surface area (Å²) in [5, 5.41) is 3.35. The number of nitrogens with zero attached hydrogens (tertiary/aromatic N) is 1. The quantitative estimate of drug-likeness (QED) is 0.215. The van der Waals surface area contributed by atoms with Crippen LogP contribution in [0.4, 0.5) is 0 Å². The molecule has 9 nitrogen and oxygen atoms in total. The molecule has 0 bridgehead atoms. The van der Waals surface area contributed by atoms with E-state index in [1.807, 2.05) is 0 Å². The Bertz CT molecular complexity index is 1240. The van der Waals surface area contributed by atoms with Gasteiger partial charge in [-0.2, -0.15) is 0 Å². The fourth-order valence-electron chi connectivity index (χ4n) is 3.88. The van der Waals surface area contributed by atoms with Crippen molar-refractivity contribution in [1.82, 2.24) is 5.32 Å². The number of fused-ring (bicyclic) bond motifs is 3. The molecule has 1 aromatic heterocycles. The molecule has 1 heterocycles. The lowest BCUT2D eigenvalue weighted by Crippen LogP contribution is -2.25. The molecule has 1 aliphatic rings. The Morgan fingerprint density at radius 3 is 2.21 bits per heavy atom. The summed E-state index contributed by atoms with van der Waals surface area (Å²) in [4.78, 5) is 43.7. The van der Waals surface area contributed by atoms with Crippen molar-refractivity contribution < 1.29 is 23.9 Å². The van der Waals surface area contributed by atoms with Gasteiger partial charge in [0.15, 0.2) is 17.5 Å². The van der Waals surface area contributed by atoms with Crippen LogP contribution in [-0.4, -0.2) is 50.7 Å². The van der Waals surface area contributed by atoms with Crippen LogP contribution in [0, 0.1) is 0 Å². The number of benzene rings is 2. The minimum atomic E-state index is -0.325. The van der Waals surface area contributed by atoms with Crippen molar-refractivity contribution in [3.05, 3.63) is 57.5 Å². The van der Waals surface area contributed by atoms with Gasteiger partial charge in [0.05, 0.1) is 34.9 Å². The van der Waals surface area contributed by atoms with Gasteiger partial charge < -0.3 is 26.3 Å². The molecule has 1 amide bonds. The van der Waals surface area contributed by atoms with Crippen LogP contribution in [0.1, 0.15) is 47.9 Å². The highest BCUT2D eigenvalue weighted by molar-refractivity contribution is 7.21. The zero-order valence-electron chi connectivity index (χ0n) is 18.1. The van der Waals surface area contributed by atoms with E-state index in [9.17, 15) is 14.4 Å². The standard InChI is InChI=1S/C23H22N4O5S/c1-31-19-13-10-14(22(30)26-8-5-9-27-23(24)25)33-21(13)20(32-2)16-15(19)17(28)11-6-3-4-7-12(11)18(16)29/h3-4,6-7,10H,5,8-9H2,1-2H3,(H,26,30)(H4,24,25,27). The number of carbonyl (C=O) groups is 3. The van der Waals surface area contributed by atoms with Crippen LogP contribution in [0.5, 0.6) is 11.5 Å². The van der Waals surface area contributed by atoms with E-state index < -0.39 is 0 Å². The van der Waals surface area contributed by atoms with Crippen LogP contribution in [-0.2, 0) is 0 Å². The number of amides is 1. The van der Waals surface area contributed by atoms with Crippen molar-refractivity contribution in [2.24, 2.45) is 16.5 Å². The van der Waals surface area contributed by atoms with Gasteiger partial charge in [0.1, 0.15) is 11.5 Å². The second-order valence-corrected chi connectivity index (χ2v) is 8.34. The number of nitrogens with one attached hydrogen (secondary N) is 1. The fraction of sp³-hybridized carbons (Fsp3) is 0.217. The third kappa shape index (κ3) is 3.78. The summed E-state index contributed by atoms with van der Waals surface area (Å²) < 4.78 is 11.8. The molecule has 0 saturated carbocycles. The molecule has 0 fully saturated rings. The molecule has 3 aromatic rings. The number of carbonyl (C=O) groups excluding carboxylic acids is 3. The van der Waals surface area contributed by atoms with E-state index >= 15 is 0 Å². The summed E-state index contributed by atoms with van der Waals surface area (Å²) >= 11 is 1.16. The number of hydrogen-bond donors (Lipinski definition) is 3. The lowest BCUT2D eigenvalue weighted by Gasteiger charge is -2.22. The van der Waals surface area contributed by atoms with E-state index in [0.717, 1.165) is 11.3 Å². The zero-order valence-corrected chi connectivity index (χ0v) is 18.9. The minimum absolute atomic E-state index is 0.000218. The zero-order chi connectivity index (χ0) is 23.7. The van der Waals surface area contributed by atoms with Crippen molar-refractivity contribution in [3.63, 3.8) is 0 Å². The smallest absolute Gasteiger partial charge is 0.261 e. The van der Waals surface area contributed by atoms with Gasteiger partial charge in [0.25, 0.3) is 5.91 Å². The molecule has 33 heavy (non-hydrogen) atoms. The molecule has 0 atom stereocenters. The van der Waals surface area contributed by atoms with Gasteiger partial charge in [-0.05, 0) is 12.5 Å². The number of methoxy groups -OCH3 is 2. The van der Waals surface area contributed by atoms with Crippen molar-refractivity contribution in [1.29, 1.82) is 0 Å². The van der Waals surface area contributed by atoms with Crippen LogP contribution in [0.15, 0.2) is 35.3 Å². The molecule has 2 aromatic carbocycles. The summed E-state index contributed by atoms with van der Waals surface area (Å²) in [7, 11) is 2.86. The van der Waals surface area contributed by atoms with E-state index in [-0.39, 0.29) is 46.1 Å². The van der Waals surface area contributed by atoms with Gasteiger partial charge in [0, 0.05) is 29.6 Å². The summed E-state index contributed by atoms with van der Waals surface area (Å²) in [5.74, 6) is -0.447. The molecule has 0 spiro atoms. The number of hydrogen-bond acceptors (Lipinski definition) is 7. The van der Waals surface area contributed by atoms with Gasteiger partial charge >= 0.3 is 0 Å². The molecule has 1 aliphatic carbocycles. The van der Waals surface area contributed by atoms with E-state index in [1.54, 1.807) is 30.3 Å². The number of ether oxygens (including phenoxy) is 2. The maximum atomic E-state index is 13.3. The predicted molar refractivity (Wildman–Crippen MR) is 126 cm³/mol. The molecule has 170 valence electrons. The highest BCUT2D eigenvalue weighted by atomic mass is 32.1. The van der Waals surface area contributed by atoms with Gasteiger partial charge in [-0.25, -0.2) is 0 Å². The minimum Gasteiger partial charge on any atom is -0.495 e. The molecule has 0 saturated heterocycles. The first kappa shape index (κ1) is 22.3. The van der Waals surface area contributed by atoms with Crippen molar-refractivity contribution in [2.45, 2.75) is 6.42 Å². The summed E-state index contributed by atoms with van der Waals surface area (Å²) in [6.07, 6.45) is 0.566. The number of rotatable bonds is 7. The number of nitrogens with two attached hydrogens (primary N) is 2. The van der Waals surface area contributed by atoms with Crippen molar-refractivity contribution in [2.75, 3.05) is 27.3 Å². The van der Waals surface area contributed by atoms with Crippen LogP contribution in [0.25, 0.3) is 10.1 Å². The monoisotopic (exact) mass is 466 g/mol. The van der Waals surface area contributed by atoms with Gasteiger partial charge in [-0.3, -0.25) is 19.4 Å². The molecule has 10 heteroatoms. The third-order valence-corrected chi connectivity index (χ3v) is 6.44. The highest BCUT2D eigenvalue weighted by Crippen LogP contribution is 2.48. The first-order chi connectivity index (χ1) is 15.9. The molecule has 5 N–H and O–H groups in total. The Hall–Kier alpha value is -3.92. The number of guanidine groups is 1. The summed E-state index contributed by atoms with van der Waals surface area (Å²) in [6, 6.07) is 8.29. The molecule has 0 unspecified atom stereocenters. The number of ketones is 2. The van der Waals surface area contributed by atoms with Crippen molar-refractivity contribution in [3.8, 4) is 11.5 Å². The molecule has 4 rings (SSSR count). The predicted octanol–water partition coefficient (Wildman–Crippen LogP) is 2.09. The number of thiophene rings is 1. The number of aliphatic imine (C=N–C) groups is 1. The molecular formula is C23H22N4O5S. The first-order valence-electron chi connectivity index (χ1n) is 10.1. The van der Waals surface area contributed by atoms with E-state index in [2.05, 4.69) is 10.3 Å². The Labute approximate surface area is 193 Å². The molecular weight excluding hydrogens is 444 g/mol. The van der Waals surface area contributed by atoms with Crippen LogP contribution < -0.4 is 26.3 Å². The highest BCUT2D eigenvalue weighted by Gasteiger charge is 2.37. The van der Waals surface area contributed by atoms with Gasteiger partial charge in [-0.15, -0.1) is 11.3 Å². The second kappa shape index (κ2) is 8.91. The van der Waals surface area contributed by atoms with Crippen LogP contribution >= 0.6 is 11.3 Å². The Kier molecular flexibility index (Phi) is 6.01. The lowest BCUT2D eigenvalue weighted by molar-refractivity contribution is 0.0956. The third-order valence-electron chi connectivity index (χ3n) is 5.30. The SMILES string of the molecule is COc1c2c(c(OC)c3sc(C(=O)NCCCN=C(N)N)cc13)C(=O)c1ccccc1C2=O. The van der Waals surface area contributed by atoms with Gasteiger partial charge in [-0.1, -0.05) is 24.3 Å². The summed E-state index contributed by atoms with van der Waals surface area (Å²) in [5.41, 5.74) is 11.5. The Morgan fingerprint density at radius 1 is 1.03 bits per heavy atom. The molecule has 0 radical (unpaired) electrons. The van der Waals surface area contributed by atoms with Crippen LogP contribution in [0.3, 0.4) is 0 Å². The molecule has 0 aliphatic heterocycles. The normalized spacial score (nSPS) is 12.2. The maximum Gasteiger partial charge on any atom is 0.261 e. The van der Waals surface area contributed by atoms with Gasteiger partial charge in [0.2, 0.25) is 0 Å². The Morgan fingerprint density at radius 2 is 1.64 bits per heavy atom.